The molecule has 0 aromatic heterocycles. The fourth-order valence-electron chi connectivity index (χ4n) is 3.03. The van der Waals surface area contributed by atoms with E-state index in [4.69, 9.17) is 12.2 Å². The summed E-state index contributed by atoms with van der Waals surface area (Å²) in [5.74, 6) is -1.22. The molecule has 1 aliphatic rings. The van der Waals surface area contributed by atoms with Gasteiger partial charge in [0.25, 0.3) is 5.91 Å². The van der Waals surface area contributed by atoms with Crippen molar-refractivity contribution in [3.8, 4) is 0 Å². The van der Waals surface area contributed by atoms with E-state index in [2.05, 4.69) is 0 Å². The molecule has 0 bridgehead atoms. The molecular weight excluding hydrogens is 366 g/mol. The van der Waals surface area contributed by atoms with Gasteiger partial charge in [-0.15, -0.1) is 0 Å². The number of aliphatic carboxylic acids is 1. The molecule has 1 unspecified atom stereocenters. The van der Waals surface area contributed by atoms with Gasteiger partial charge in [-0.3, -0.25) is 9.69 Å². The zero-order chi connectivity index (χ0) is 18.8. The minimum absolute atomic E-state index is 0.141. The number of hydrogen-bond donors (Lipinski definition) is 1. The van der Waals surface area contributed by atoms with Crippen molar-refractivity contribution < 1.29 is 14.7 Å². The molecule has 1 aliphatic heterocycles. The van der Waals surface area contributed by atoms with Crippen LogP contribution in [0, 0.1) is 5.92 Å². The molecule has 0 spiro atoms. The predicted molar refractivity (Wildman–Crippen MR) is 110 cm³/mol. The van der Waals surface area contributed by atoms with Gasteiger partial charge in [-0.05, 0) is 34.8 Å². The van der Waals surface area contributed by atoms with E-state index in [0.717, 1.165) is 28.1 Å². The lowest BCUT2D eigenvalue weighted by molar-refractivity contribution is -0.145. The third kappa shape index (κ3) is 3.66. The molecule has 1 fully saturated rings. The molecule has 0 aliphatic carbocycles. The van der Waals surface area contributed by atoms with Gasteiger partial charge in [-0.1, -0.05) is 80.3 Å². The Morgan fingerprint density at radius 1 is 1.23 bits per heavy atom. The molecular formula is C20H19NO3S2. The number of rotatable bonds is 5. The summed E-state index contributed by atoms with van der Waals surface area (Å²) in [6.45, 7) is 3.86. The van der Waals surface area contributed by atoms with Crippen molar-refractivity contribution in [1.82, 2.24) is 4.90 Å². The highest BCUT2D eigenvalue weighted by atomic mass is 32.2. The summed E-state index contributed by atoms with van der Waals surface area (Å²) in [6.07, 6.45) is 2.17. The zero-order valence-corrected chi connectivity index (χ0v) is 16.1. The van der Waals surface area contributed by atoms with E-state index < -0.39 is 12.0 Å². The third-order valence-electron chi connectivity index (χ3n) is 4.22. The van der Waals surface area contributed by atoms with E-state index >= 15 is 0 Å². The fourth-order valence-corrected chi connectivity index (χ4v) is 4.38. The topological polar surface area (TPSA) is 57.6 Å². The first-order valence-corrected chi connectivity index (χ1v) is 9.58. The number of carbonyl (C=O) groups is 2. The molecule has 1 N–H and O–H groups in total. The van der Waals surface area contributed by atoms with Crippen LogP contribution >= 0.6 is 24.0 Å². The van der Waals surface area contributed by atoms with E-state index in [1.807, 2.05) is 56.3 Å². The molecule has 0 radical (unpaired) electrons. The third-order valence-corrected chi connectivity index (χ3v) is 5.56. The Hall–Kier alpha value is -2.18. The SMILES string of the molecule is CC(C)CC(C(=O)O)N1C(=O)C(=Cc2cccc3ccccc23)SC1=S. The number of carboxylic acid groups (broad SMARTS) is 1. The first-order valence-electron chi connectivity index (χ1n) is 8.36. The summed E-state index contributed by atoms with van der Waals surface area (Å²) in [7, 11) is 0. The van der Waals surface area contributed by atoms with E-state index in [1.165, 1.54) is 4.90 Å². The monoisotopic (exact) mass is 385 g/mol. The number of hydrogen-bond acceptors (Lipinski definition) is 4. The van der Waals surface area contributed by atoms with Gasteiger partial charge in [0, 0.05) is 0 Å². The van der Waals surface area contributed by atoms with Crippen LogP contribution in [0.2, 0.25) is 0 Å². The van der Waals surface area contributed by atoms with Gasteiger partial charge in [0.15, 0.2) is 0 Å². The molecule has 4 nitrogen and oxygen atoms in total. The first-order chi connectivity index (χ1) is 12.4. The molecule has 2 aromatic rings. The average Bonchev–Trinajstić information content (AvgIpc) is 2.86. The molecule has 3 rings (SSSR count). The van der Waals surface area contributed by atoms with Gasteiger partial charge in [0.05, 0.1) is 4.91 Å². The quantitative estimate of drug-likeness (QED) is 0.605. The van der Waals surface area contributed by atoms with E-state index in [1.54, 1.807) is 6.08 Å². The molecule has 26 heavy (non-hydrogen) atoms. The van der Waals surface area contributed by atoms with Crippen molar-refractivity contribution in [2.75, 3.05) is 0 Å². The molecule has 6 heteroatoms. The Bertz CT molecular complexity index is 915. The minimum atomic E-state index is -1.03. The zero-order valence-electron chi connectivity index (χ0n) is 14.5. The molecule has 1 amide bonds. The van der Waals surface area contributed by atoms with Crippen LogP contribution in [0.15, 0.2) is 47.4 Å². The predicted octanol–water partition coefficient (Wildman–Crippen LogP) is 4.54. The van der Waals surface area contributed by atoms with E-state index in [0.29, 0.717) is 15.6 Å². The number of fused-ring (bicyclic) bond motifs is 1. The summed E-state index contributed by atoms with van der Waals surface area (Å²) in [6, 6.07) is 12.9. The lowest BCUT2D eigenvalue weighted by Gasteiger charge is -2.24. The van der Waals surface area contributed by atoms with Crippen LogP contribution in [0.4, 0.5) is 0 Å². The van der Waals surface area contributed by atoms with Crippen molar-refractivity contribution in [3.63, 3.8) is 0 Å². The molecule has 0 saturated carbocycles. The Kier molecular flexibility index (Phi) is 5.44. The largest absolute Gasteiger partial charge is 0.480 e. The fraction of sp³-hybridized carbons (Fsp3) is 0.250. The van der Waals surface area contributed by atoms with E-state index in [-0.39, 0.29) is 11.8 Å². The maximum atomic E-state index is 12.9. The van der Waals surface area contributed by atoms with Gasteiger partial charge in [-0.2, -0.15) is 0 Å². The van der Waals surface area contributed by atoms with Crippen LogP contribution in [0.3, 0.4) is 0 Å². The van der Waals surface area contributed by atoms with Crippen LogP contribution in [0.5, 0.6) is 0 Å². The van der Waals surface area contributed by atoms with E-state index in [9.17, 15) is 14.7 Å². The Morgan fingerprint density at radius 2 is 1.92 bits per heavy atom. The van der Waals surface area contributed by atoms with Gasteiger partial charge in [0.2, 0.25) is 0 Å². The van der Waals surface area contributed by atoms with Crippen LogP contribution in [0.25, 0.3) is 16.8 Å². The second-order valence-electron chi connectivity index (χ2n) is 6.60. The molecule has 1 atom stereocenters. The Morgan fingerprint density at radius 3 is 2.62 bits per heavy atom. The molecule has 2 aromatic carbocycles. The average molecular weight is 386 g/mol. The Labute approximate surface area is 161 Å². The maximum Gasteiger partial charge on any atom is 0.326 e. The number of carbonyl (C=O) groups excluding carboxylic acids is 1. The van der Waals surface area contributed by atoms with Crippen LogP contribution in [0.1, 0.15) is 25.8 Å². The number of thioether (sulfide) groups is 1. The van der Waals surface area contributed by atoms with Crippen molar-refractivity contribution in [1.29, 1.82) is 0 Å². The first kappa shape index (κ1) is 18.6. The van der Waals surface area contributed by atoms with Crippen molar-refractivity contribution in [3.05, 3.63) is 52.9 Å². The second kappa shape index (κ2) is 7.60. The Balaban J connectivity index is 1.97. The van der Waals surface area contributed by atoms with Crippen LogP contribution in [-0.2, 0) is 9.59 Å². The highest BCUT2D eigenvalue weighted by Gasteiger charge is 2.40. The summed E-state index contributed by atoms with van der Waals surface area (Å²) >= 11 is 6.48. The lowest BCUT2D eigenvalue weighted by Crippen LogP contribution is -2.44. The smallest absolute Gasteiger partial charge is 0.326 e. The summed E-state index contributed by atoms with van der Waals surface area (Å²) in [4.78, 5) is 26.2. The van der Waals surface area contributed by atoms with Crippen molar-refractivity contribution >= 4 is 57.0 Å². The maximum absolute atomic E-state index is 12.9. The number of carboxylic acids is 1. The number of amides is 1. The van der Waals surface area contributed by atoms with Crippen molar-refractivity contribution in [2.45, 2.75) is 26.3 Å². The highest BCUT2D eigenvalue weighted by molar-refractivity contribution is 8.26. The minimum Gasteiger partial charge on any atom is -0.480 e. The number of benzene rings is 2. The van der Waals surface area contributed by atoms with Crippen molar-refractivity contribution in [2.24, 2.45) is 5.92 Å². The van der Waals surface area contributed by atoms with Gasteiger partial charge < -0.3 is 5.11 Å². The summed E-state index contributed by atoms with van der Waals surface area (Å²) in [5.41, 5.74) is 0.916. The molecule has 1 saturated heterocycles. The number of thiocarbonyl (C=S) groups is 1. The van der Waals surface area contributed by atoms with Gasteiger partial charge in [0.1, 0.15) is 10.4 Å². The normalized spacial score (nSPS) is 17.5. The van der Waals surface area contributed by atoms with Gasteiger partial charge >= 0.3 is 5.97 Å². The summed E-state index contributed by atoms with van der Waals surface area (Å²) < 4.78 is 0.300. The molecule has 134 valence electrons. The standard InChI is InChI=1S/C20H19NO3S2/c1-12(2)10-16(19(23)24)21-18(22)17(26-20(21)25)11-14-8-5-7-13-6-3-4-9-15(13)14/h3-9,11-12,16H,10H2,1-2H3,(H,23,24). The van der Waals surface area contributed by atoms with Crippen LogP contribution < -0.4 is 0 Å². The van der Waals surface area contributed by atoms with Crippen LogP contribution in [-0.4, -0.2) is 32.2 Å². The lowest BCUT2D eigenvalue weighted by atomic mass is 10.0. The number of nitrogens with zero attached hydrogens (tertiary/aromatic N) is 1. The van der Waals surface area contributed by atoms with Gasteiger partial charge in [-0.25, -0.2) is 4.79 Å². The second-order valence-corrected chi connectivity index (χ2v) is 8.28. The summed E-state index contributed by atoms with van der Waals surface area (Å²) in [5, 5.41) is 11.7. The highest BCUT2D eigenvalue weighted by Crippen LogP contribution is 2.36. The molecule has 1 heterocycles.